The number of nitrogens with zero attached hydrogens (tertiary/aromatic N) is 1. The molecule has 0 amide bonds. The predicted molar refractivity (Wildman–Crippen MR) is 43.4 cm³/mol. The molecule has 0 bridgehead atoms. The molecule has 0 saturated carbocycles. The van der Waals surface area contributed by atoms with Gasteiger partial charge in [-0.15, -0.1) is 0 Å². The quantitative estimate of drug-likeness (QED) is 0.583. The van der Waals surface area contributed by atoms with Crippen LogP contribution in [0, 0.1) is 6.92 Å². The topological polar surface area (TPSA) is 12.9 Å². The van der Waals surface area contributed by atoms with Crippen LogP contribution in [-0.4, -0.2) is 18.7 Å². The van der Waals surface area contributed by atoms with Crippen molar-refractivity contribution >= 4 is 24.4 Å². The van der Waals surface area contributed by atoms with Crippen LogP contribution in [0.2, 0.25) is 0 Å². The van der Waals surface area contributed by atoms with Gasteiger partial charge in [0.15, 0.2) is 0 Å². The van der Waals surface area contributed by atoms with Gasteiger partial charge in [-0.05, 0) is 0 Å². The van der Waals surface area contributed by atoms with Crippen molar-refractivity contribution in [2.24, 2.45) is 0 Å². The molecule has 0 atom stereocenters. The van der Waals surface area contributed by atoms with Gasteiger partial charge in [0.25, 0.3) is 0 Å². The van der Waals surface area contributed by atoms with Crippen LogP contribution in [0.1, 0.15) is 5.56 Å². The molecule has 0 spiro atoms. The van der Waals surface area contributed by atoms with Crippen LogP contribution in [-0.2, 0) is 0 Å². The first-order chi connectivity index (χ1) is 4.86. The molecule has 1 nitrogen and oxygen atoms in total. The monoisotopic (exact) mass is 197 g/mol. The summed E-state index contributed by atoms with van der Waals surface area (Å²) < 4.78 is 5.64. The van der Waals surface area contributed by atoms with Crippen LogP contribution in [0.4, 0.5) is 0 Å². The molecule has 0 saturated heterocycles. The van der Waals surface area contributed by atoms with E-state index in [1.807, 2.05) is 6.20 Å². The van der Waals surface area contributed by atoms with E-state index in [4.69, 9.17) is 0 Å². The fraction of sp³-hybridized carbons (Fsp3) is 0.125. The van der Waals surface area contributed by atoms with Crippen molar-refractivity contribution < 1.29 is 0 Å². The van der Waals surface area contributed by atoms with Gasteiger partial charge >= 0.3 is 65.2 Å². The second-order valence-corrected chi connectivity index (χ2v) is 4.12. The first-order valence-electron chi connectivity index (χ1n) is 3.17. The fourth-order valence-electron chi connectivity index (χ4n) is 0.992. The Morgan fingerprint density at radius 1 is 1.40 bits per heavy atom. The summed E-state index contributed by atoms with van der Waals surface area (Å²) in [5, 5.41) is 1.32. The maximum absolute atomic E-state index is 4.23. The van der Waals surface area contributed by atoms with Gasteiger partial charge in [0, 0.05) is 0 Å². The Morgan fingerprint density at radius 3 is 3.20 bits per heavy atom. The molecule has 0 fully saturated rings. The minimum absolute atomic E-state index is 0.364. The van der Waals surface area contributed by atoms with Crippen LogP contribution in [0.15, 0.2) is 24.4 Å². The second-order valence-electron chi connectivity index (χ2n) is 2.37. The van der Waals surface area contributed by atoms with Crippen molar-refractivity contribution in [1.82, 2.24) is 3.98 Å². The molecular weight excluding hydrogens is 189 g/mol. The zero-order valence-corrected chi connectivity index (χ0v) is 7.38. The van der Waals surface area contributed by atoms with Gasteiger partial charge in [-0.3, -0.25) is 0 Å². The molecule has 0 aliphatic heterocycles. The predicted octanol–water partition coefficient (Wildman–Crippen LogP) is 1.60. The molecule has 1 aromatic carbocycles. The summed E-state index contributed by atoms with van der Waals surface area (Å²) in [7, 11) is 0. The number of benzene rings is 1. The normalized spacial score (nSPS) is 10.5. The Kier molecular flexibility index (Phi) is 1.37. The van der Waals surface area contributed by atoms with Crippen molar-refractivity contribution in [3.05, 3.63) is 30.0 Å². The van der Waals surface area contributed by atoms with Crippen molar-refractivity contribution in [2.45, 2.75) is 6.92 Å². The van der Waals surface area contributed by atoms with Crippen molar-refractivity contribution in [2.75, 3.05) is 0 Å². The molecule has 10 heavy (non-hydrogen) atoms. The molecule has 2 rings (SSSR count). The Balaban J connectivity index is 2.86. The molecule has 1 aromatic heterocycles. The Hall–Kier alpha value is -0.591. The number of rotatable bonds is 0. The number of hydrogen-bond acceptors (Lipinski definition) is 1. The summed E-state index contributed by atoms with van der Waals surface area (Å²) >= 11 is 0.364. The summed E-state index contributed by atoms with van der Waals surface area (Å²) in [5.74, 6) is 0. The summed E-state index contributed by atoms with van der Waals surface area (Å²) in [6, 6.07) is 6.51. The molecule has 2 aromatic rings. The van der Waals surface area contributed by atoms with Crippen LogP contribution in [0.3, 0.4) is 0 Å². The van der Waals surface area contributed by atoms with Crippen LogP contribution in [0.25, 0.3) is 9.65 Å². The Morgan fingerprint density at radius 2 is 2.30 bits per heavy atom. The average molecular weight is 196 g/mol. The van der Waals surface area contributed by atoms with Gasteiger partial charge in [0.2, 0.25) is 0 Å². The maximum atomic E-state index is 4.23. The van der Waals surface area contributed by atoms with Gasteiger partial charge in [-0.2, -0.15) is 0 Å². The SMILES string of the molecule is Cc1ccc2[se]ncc2c1. The van der Waals surface area contributed by atoms with E-state index >= 15 is 0 Å². The van der Waals surface area contributed by atoms with E-state index in [2.05, 4.69) is 29.1 Å². The minimum atomic E-state index is 0.364. The third-order valence-corrected chi connectivity index (χ3v) is 3.14. The molecule has 50 valence electrons. The summed E-state index contributed by atoms with van der Waals surface area (Å²) in [5.41, 5.74) is 1.32. The number of aryl methyl sites for hydroxylation is 1. The third-order valence-electron chi connectivity index (χ3n) is 1.51. The van der Waals surface area contributed by atoms with Crippen molar-refractivity contribution in [3.8, 4) is 0 Å². The van der Waals surface area contributed by atoms with E-state index in [1.54, 1.807) is 0 Å². The van der Waals surface area contributed by atoms with Gasteiger partial charge < -0.3 is 0 Å². The van der Waals surface area contributed by atoms with Crippen molar-refractivity contribution in [1.29, 1.82) is 0 Å². The van der Waals surface area contributed by atoms with E-state index in [0.717, 1.165) is 0 Å². The molecule has 0 N–H and O–H groups in total. The Bertz CT molecular complexity index is 351. The van der Waals surface area contributed by atoms with Gasteiger partial charge in [0.05, 0.1) is 0 Å². The van der Waals surface area contributed by atoms with Gasteiger partial charge in [-0.25, -0.2) is 0 Å². The van der Waals surface area contributed by atoms with E-state index in [-0.39, 0.29) is 0 Å². The third kappa shape index (κ3) is 0.898. The fourth-order valence-corrected chi connectivity index (χ4v) is 2.30. The molecule has 2 heteroatoms. The van der Waals surface area contributed by atoms with Crippen LogP contribution in [0.5, 0.6) is 0 Å². The number of fused-ring (bicyclic) bond motifs is 1. The van der Waals surface area contributed by atoms with Crippen LogP contribution < -0.4 is 0 Å². The first kappa shape index (κ1) is 6.14. The Labute approximate surface area is 65.7 Å². The standard InChI is InChI=1S/C8H7NSe/c1-6-2-3-8-7(4-6)5-9-10-8/h2-5H,1H3. The zero-order valence-electron chi connectivity index (χ0n) is 5.66. The molecule has 0 radical (unpaired) electrons. The van der Waals surface area contributed by atoms with E-state index in [1.165, 1.54) is 15.2 Å². The summed E-state index contributed by atoms with van der Waals surface area (Å²) in [6.07, 6.45) is 1.97. The number of aromatic nitrogens is 1. The van der Waals surface area contributed by atoms with E-state index in [0.29, 0.717) is 14.7 Å². The van der Waals surface area contributed by atoms with Gasteiger partial charge in [-0.1, -0.05) is 0 Å². The summed E-state index contributed by atoms with van der Waals surface area (Å²) in [4.78, 5) is 0. The van der Waals surface area contributed by atoms with E-state index in [9.17, 15) is 0 Å². The molecular formula is C8H7NSe. The van der Waals surface area contributed by atoms with Crippen molar-refractivity contribution in [3.63, 3.8) is 0 Å². The average Bonchev–Trinajstić information content (AvgIpc) is 2.33. The van der Waals surface area contributed by atoms with Crippen LogP contribution >= 0.6 is 0 Å². The molecule has 0 aliphatic rings. The first-order valence-corrected chi connectivity index (χ1v) is 4.79. The molecule has 0 aliphatic carbocycles. The summed E-state index contributed by atoms with van der Waals surface area (Å²) in [6.45, 7) is 2.11. The van der Waals surface area contributed by atoms with Gasteiger partial charge in [0.1, 0.15) is 0 Å². The number of hydrogen-bond donors (Lipinski definition) is 0. The van der Waals surface area contributed by atoms with E-state index < -0.39 is 0 Å². The molecule has 0 unspecified atom stereocenters. The second kappa shape index (κ2) is 2.22. The zero-order chi connectivity index (χ0) is 6.97. The molecule has 1 heterocycles.